The Morgan fingerprint density at radius 1 is 1.11 bits per heavy atom. The normalized spacial score (nSPS) is 18.7. The van der Waals surface area contributed by atoms with Crippen LogP contribution >= 0.6 is 0 Å². The minimum Gasteiger partial charge on any atom is -0.381 e. The highest BCUT2D eigenvalue weighted by Crippen LogP contribution is 2.31. The van der Waals surface area contributed by atoms with Crippen molar-refractivity contribution in [3.8, 4) is 0 Å². The number of piperazine rings is 1. The summed E-state index contributed by atoms with van der Waals surface area (Å²) in [7, 11) is 0. The van der Waals surface area contributed by atoms with Crippen molar-refractivity contribution in [1.82, 2.24) is 29.4 Å². The number of fused-ring (bicyclic) bond motifs is 1. The van der Waals surface area contributed by atoms with Crippen LogP contribution in [-0.2, 0) is 4.79 Å². The smallest absolute Gasteiger partial charge is 0.263 e. The fraction of sp³-hybridized carbons (Fsp3) is 0.458. The Balaban J connectivity index is 1.30. The van der Waals surface area contributed by atoms with Crippen molar-refractivity contribution in [3.63, 3.8) is 0 Å². The predicted octanol–water partition coefficient (Wildman–Crippen LogP) is 1.62. The molecule has 0 spiro atoms. The van der Waals surface area contributed by atoms with Crippen LogP contribution in [0.15, 0.2) is 24.8 Å². The van der Waals surface area contributed by atoms with Crippen molar-refractivity contribution in [2.75, 3.05) is 55.2 Å². The van der Waals surface area contributed by atoms with Gasteiger partial charge in [0, 0.05) is 38.8 Å². The summed E-state index contributed by atoms with van der Waals surface area (Å²) < 4.78 is 29.6. The van der Waals surface area contributed by atoms with E-state index in [9.17, 15) is 18.4 Å². The lowest BCUT2D eigenvalue weighted by Crippen LogP contribution is -2.51. The second-order valence-electron chi connectivity index (χ2n) is 9.66. The van der Waals surface area contributed by atoms with Gasteiger partial charge in [0.15, 0.2) is 23.1 Å². The highest BCUT2D eigenvalue weighted by molar-refractivity contribution is 6.12. The molecule has 196 valence electrons. The molecule has 0 saturated carbocycles. The van der Waals surface area contributed by atoms with Gasteiger partial charge < -0.3 is 25.8 Å². The van der Waals surface area contributed by atoms with Crippen LogP contribution in [0.2, 0.25) is 0 Å². The first-order valence-electron chi connectivity index (χ1n) is 12.2. The van der Waals surface area contributed by atoms with Crippen LogP contribution in [0.25, 0.3) is 5.65 Å². The van der Waals surface area contributed by atoms with Gasteiger partial charge in [0.1, 0.15) is 11.3 Å². The third-order valence-corrected chi connectivity index (χ3v) is 7.02. The average molecular weight is 514 g/mol. The standard InChI is InChI=1S/C24H29F2N9O2/c1-14(2)34-4-3-15(12-34)24(37)33-7-5-32(6-8-33)20-17(26)10-28-11-18(20)30-23(36)19-21(27)31-35-13-16(25)9-29-22(19)35/h9-11,13-15H,3-8,12H2,1-2H3,(H2,27,31)(H,30,36). The van der Waals surface area contributed by atoms with E-state index in [1.807, 2.05) is 4.90 Å². The lowest BCUT2D eigenvalue weighted by molar-refractivity contribution is -0.135. The number of carbonyl (C=O) groups excluding carboxylic acids is 2. The van der Waals surface area contributed by atoms with E-state index in [1.54, 1.807) is 4.90 Å². The van der Waals surface area contributed by atoms with Gasteiger partial charge in [-0.3, -0.25) is 14.6 Å². The number of nitrogens with zero attached hydrogens (tertiary/aromatic N) is 7. The Bertz CT molecular complexity index is 1340. The van der Waals surface area contributed by atoms with Crippen LogP contribution in [0.5, 0.6) is 0 Å². The minimum absolute atomic E-state index is 0.0140. The Hall–Kier alpha value is -3.87. The largest absolute Gasteiger partial charge is 0.381 e. The Labute approximate surface area is 212 Å². The number of nitrogens with one attached hydrogen (secondary N) is 1. The first kappa shape index (κ1) is 24.8. The fourth-order valence-electron chi connectivity index (χ4n) is 5.04. The van der Waals surface area contributed by atoms with Crippen molar-refractivity contribution in [2.45, 2.75) is 26.3 Å². The molecular weight excluding hydrogens is 484 g/mol. The maximum atomic E-state index is 15.0. The van der Waals surface area contributed by atoms with E-state index in [2.05, 4.69) is 39.1 Å². The number of amides is 2. The Morgan fingerprint density at radius 3 is 2.57 bits per heavy atom. The number of hydrogen-bond donors (Lipinski definition) is 2. The van der Waals surface area contributed by atoms with E-state index in [0.29, 0.717) is 32.2 Å². The maximum absolute atomic E-state index is 15.0. The van der Waals surface area contributed by atoms with E-state index in [0.717, 1.165) is 42.6 Å². The first-order chi connectivity index (χ1) is 17.7. The van der Waals surface area contributed by atoms with Gasteiger partial charge in [-0.05, 0) is 26.8 Å². The van der Waals surface area contributed by atoms with E-state index < -0.39 is 17.5 Å². The SMILES string of the molecule is CC(C)N1CCC(C(=O)N2CCN(c3c(F)cncc3NC(=O)c3c(N)nn4cc(F)cnc34)CC2)C1. The minimum atomic E-state index is -0.676. The zero-order valence-electron chi connectivity index (χ0n) is 20.7. The van der Waals surface area contributed by atoms with Gasteiger partial charge in [-0.2, -0.15) is 0 Å². The third kappa shape index (κ3) is 4.78. The molecule has 5 heterocycles. The van der Waals surface area contributed by atoms with Crippen LogP contribution in [0, 0.1) is 17.6 Å². The fourth-order valence-corrected chi connectivity index (χ4v) is 5.04. The van der Waals surface area contributed by atoms with Crippen molar-refractivity contribution in [2.24, 2.45) is 5.92 Å². The van der Waals surface area contributed by atoms with Crippen LogP contribution in [0.4, 0.5) is 26.0 Å². The van der Waals surface area contributed by atoms with Crippen molar-refractivity contribution >= 4 is 34.7 Å². The molecule has 1 atom stereocenters. The van der Waals surface area contributed by atoms with Crippen LogP contribution < -0.4 is 16.0 Å². The van der Waals surface area contributed by atoms with Gasteiger partial charge in [-0.1, -0.05) is 0 Å². The summed E-state index contributed by atoms with van der Waals surface area (Å²) in [6, 6.07) is 0.408. The lowest BCUT2D eigenvalue weighted by atomic mass is 10.1. The zero-order chi connectivity index (χ0) is 26.3. The molecule has 2 saturated heterocycles. The Kier molecular flexibility index (Phi) is 6.63. The monoisotopic (exact) mass is 513 g/mol. The third-order valence-electron chi connectivity index (χ3n) is 7.02. The average Bonchev–Trinajstić information content (AvgIpc) is 3.48. The number of anilines is 3. The van der Waals surface area contributed by atoms with E-state index >= 15 is 0 Å². The molecule has 0 bridgehead atoms. The van der Waals surface area contributed by atoms with E-state index in [-0.39, 0.29) is 40.2 Å². The summed E-state index contributed by atoms with van der Waals surface area (Å²) >= 11 is 0. The van der Waals surface area contributed by atoms with Gasteiger partial charge in [-0.15, -0.1) is 5.10 Å². The van der Waals surface area contributed by atoms with Gasteiger partial charge in [0.25, 0.3) is 5.91 Å². The number of halogens is 2. The summed E-state index contributed by atoms with van der Waals surface area (Å²) in [4.78, 5) is 39.9. The summed E-state index contributed by atoms with van der Waals surface area (Å²) in [5.41, 5.74) is 6.23. The van der Waals surface area contributed by atoms with Crippen LogP contribution in [0.1, 0.15) is 30.6 Å². The number of aromatic nitrogens is 4. The summed E-state index contributed by atoms with van der Waals surface area (Å²) in [6.45, 7) is 7.63. The number of rotatable bonds is 5. The maximum Gasteiger partial charge on any atom is 0.263 e. The summed E-state index contributed by atoms with van der Waals surface area (Å²) in [5, 5.41) is 6.59. The van der Waals surface area contributed by atoms with E-state index in [1.165, 1.54) is 6.20 Å². The number of nitrogens with two attached hydrogens (primary N) is 1. The molecule has 1 unspecified atom stereocenters. The van der Waals surface area contributed by atoms with Crippen molar-refractivity contribution in [3.05, 3.63) is 42.0 Å². The molecule has 11 nitrogen and oxygen atoms in total. The van der Waals surface area contributed by atoms with Gasteiger partial charge in [0.05, 0.1) is 36.4 Å². The van der Waals surface area contributed by atoms with Crippen molar-refractivity contribution < 1.29 is 18.4 Å². The van der Waals surface area contributed by atoms with Crippen molar-refractivity contribution in [1.29, 1.82) is 0 Å². The lowest BCUT2D eigenvalue weighted by Gasteiger charge is -2.38. The molecule has 5 rings (SSSR count). The quantitative estimate of drug-likeness (QED) is 0.527. The topological polar surface area (TPSA) is 125 Å². The molecule has 13 heteroatoms. The highest BCUT2D eigenvalue weighted by atomic mass is 19.1. The zero-order valence-corrected chi connectivity index (χ0v) is 20.7. The van der Waals surface area contributed by atoms with Gasteiger partial charge in [-0.25, -0.2) is 18.3 Å². The van der Waals surface area contributed by atoms with Gasteiger partial charge in [0.2, 0.25) is 5.91 Å². The molecule has 2 aliphatic heterocycles. The predicted molar refractivity (Wildman–Crippen MR) is 133 cm³/mol. The molecular formula is C24H29F2N9O2. The Morgan fingerprint density at radius 2 is 1.86 bits per heavy atom. The first-order valence-corrected chi connectivity index (χ1v) is 12.2. The number of nitrogen functional groups attached to an aromatic ring is 1. The molecule has 2 amide bonds. The van der Waals surface area contributed by atoms with E-state index in [4.69, 9.17) is 5.73 Å². The molecule has 3 aromatic rings. The second kappa shape index (κ2) is 9.88. The molecule has 2 fully saturated rings. The molecule has 3 N–H and O–H groups in total. The molecule has 0 aromatic carbocycles. The summed E-state index contributed by atoms with van der Waals surface area (Å²) in [6.07, 6.45) is 5.28. The molecule has 3 aromatic heterocycles. The molecule has 0 aliphatic carbocycles. The molecule has 2 aliphatic rings. The second-order valence-corrected chi connectivity index (χ2v) is 9.66. The van der Waals surface area contributed by atoms with Crippen LogP contribution in [0.3, 0.4) is 0 Å². The van der Waals surface area contributed by atoms with Gasteiger partial charge >= 0.3 is 0 Å². The molecule has 0 radical (unpaired) electrons. The molecule has 37 heavy (non-hydrogen) atoms. The van der Waals surface area contributed by atoms with Crippen LogP contribution in [-0.4, -0.2) is 86.5 Å². The number of pyridine rings is 1. The highest BCUT2D eigenvalue weighted by Gasteiger charge is 2.34. The number of carbonyl (C=O) groups is 2. The number of likely N-dealkylation sites (tertiary alicyclic amines) is 1. The summed E-state index contributed by atoms with van der Waals surface area (Å²) in [5.74, 6) is -1.93. The number of hydrogen-bond acceptors (Lipinski definition) is 8.